The van der Waals surface area contributed by atoms with E-state index in [-0.39, 0.29) is 6.10 Å². The highest BCUT2D eigenvalue weighted by Crippen LogP contribution is 2.37. The Morgan fingerprint density at radius 1 is 1.17 bits per heavy atom. The van der Waals surface area contributed by atoms with Crippen molar-refractivity contribution in [3.8, 4) is 16.3 Å². The summed E-state index contributed by atoms with van der Waals surface area (Å²) < 4.78 is 8.62. The molecule has 0 saturated heterocycles. The first-order valence-corrected chi connectivity index (χ1v) is 11.2. The predicted octanol–water partition coefficient (Wildman–Crippen LogP) is 4.67. The van der Waals surface area contributed by atoms with Gasteiger partial charge in [-0.25, -0.2) is 9.50 Å². The molecule has 1 fully saturated rings. The fourth-order valence-corrected chi connectivity index (χ4v) is 5.45. The van der Waals surface area contributed by atoms with Crippen LogP contribution in [0.2, 0.25) is 0 Å². The molecule has 3 heterocycles. The van der Waals surface area contributed by atoms with Crippen molar-refractivity contribution >= 4 is 32.9 Å². The van der Waals surface area contributed by atoms with Crippen molar-refractivity contribution < 1.29 is 9.84 Å². The molecular formula is C23H26N4O2S. The summed E-state index contributed by atoms with van der Waals surface area (Å²) >= 11 is 1.73. The van der Waals surface area contributed by atoms with E-state index in [2.05, 4.69) is 42.1 Å². The van der Waals surface area contributed by atoms with Gasteiger partial charge < -0.3 is 14.7 Å². The number of anilines is 1. The van der Waals surface area contributed by atoms with Gasteiger partial charge in [0, 0.05) is 17.8 Å². The lowest BCUT2D eigenvalue weighted by Gasteiger charge is -2.33. The van der Waals surface area contributed by atoms with Crippen LogP contribution in [0.3, 0.4) is 0 Å². The highest BCUT2D eigenvalue weighted by molar-refractivity contribution is 7.22. The fraction of sp³-hybridized carbons (Fsp3) is 0.391. The van der Waals surface area contributed by atoms with E-state index >= 15 is 0 Å². The summed E-state index contributed by atoms with van der Waals surface area (Å²) in [6.45, 7) is 2.07. The van der Waals surface area contributed by atoms with Gasteiger partial charge in [0.1, 0.15) is 17.3 Å². The van der Waals surface area contributed by atoms with Crippen LogP contribution in [0.1, 0.15) is 31.2 Å². The first kappa shape index (κ1) is 19.3. The molecule has 6 nitrogen and oxygen atoms in total. The number of aliphatic hydroxyl groups is 1. The van der Waals surface area contributed by atoms with E-state index in [0.717, 1.165) is 59.0 Å². The Morgan fingerprint density at radius 2 is 1.97 bits per heavy atom. The van der Waals surface area contributed by atoms with Crippen molar-refractivity contribution in [2.75, 3.05) is 19.1 Å². The Morgan fingerprint density at radius 3 is 2.73 bits per heavy atom. The highest BCUT2D eigenvalue weighted by atomic mass is 32.1. The molecule has 30 heavy (non-hydrogen) atoms. The summed E-state index contributed by atoms with van der Waals surface area (Å²) in [7, 11) is 3.81. The average molecular weight is 423 g/mol. The van der Waals surface area contributed by atoms with Gasteiger partial charge in [0.25, 0.3) is 0 Å². The van der Waals surface area contributed by atoms with Crippen molar-refractivity contribution in [3.63, 3.8) is 0 Å². The second-order valence-corrected chi connectivity index (χ2v) is 9.23. The monoisotopic (exact) mass is 422 g/mol. The van der Waals surface area contributed by atoms with Gasteiger partial charge in [0.15, 0.2) is 5.65 Å². The number of ether oxygens (including phenoxy) is 1. The highest BCUT2D eigenvalue weighted by Gasteiger charge is 2.24. The van der Waals surface area contributed by atoms with Crippen molar-refractivity contribution in [3.05, 3.63) is 42.1 Å². The number of aromatic nitrogens is 3. The molecule has 1 aliphatic rings. The zero-order valence-corrected chi connectivity index (χ0v) is 18.3. The minimum absolute atomic E-state index is 0.152. The molecule has 0 unspecified atom stereocenters. The molecule has 1 saturated carbocycles. The number of rotatable bonds is 4. The van der Waals surface area contributed by atoms with Crippen molar-refractivity contribution in [1.29, 1.82) is 0 Å². The molecule has 1 aromatic carbocycles. The molecule has 0 aliphatic heterocycles. The topological polar surface area (TPSA) is 62.9 Å². The van der Waals surface area contributed by atoms with Gasteiger partial charge >= 0.3 is 0 Å². The van der Waals surface area contributed by atoms with Crippen LogP contribution in [-0.4, -0.2) is 46.0 Å². The Bertz CT molecular complexity index is 1210. The minimum Gasteiger partial charge on any atom is -0.496 e. The third-order valence-electron chi connectivity index (χ3n) is 6.21. The van der Waals surface area contributed by atoms with E-state index < -0.39 is 0 Å². The van der Waals surface area contributed by atoms with E-state index in [9.17, 15) is 5.11 Å². The SMILES string of the molecule is COc1cc2sc(-c3cnc4ccc(N(C)C5CCC(O)CC5)nn34)cc2cc1C. The number of hydrogen-bond acceptors (Lipinski definition) is 6. The van der Waals surface area contributed by atoms with Crippen LogP contribution >= 0.6 is 11.3 Å². The summed E-state index contributed by atoms with van der Waals surface area (Å²) in [5, 5.41) is 15.9. The largest absolute Gasteiger partial charge is 0.496 e. The molecule has 5 rings (SSSR count). The lowest BCUT2D eigenvalue weighted by atomic mass is 9.92. The lowest BCUT2D eigenvalue weighted by Crippen LogP contribution is -2.37. The summed E-state index contributed by atoms with van der Waals surface area (Å²) in [5.41, 5.74) is 2.97. The minimum atomic E-state index is -0.152. The van der Waals surface area contributed by atoms with Gasteiger partial charge in [0.2, 0.25) is 0 Å². The van der Waals surface area contributed by atoms with Gasteiger partial charge in [-0.1, -0.05) is 0 Å². The van der Waals surface area contributed by atoms with Gasteiger partial charge in [-0.3, -0.25) is 0 Å². The quantitative estimate of drug-likeness (QED) is 0.518. The van der Waals surface area contributed by atoms with Crippen LogP contribution in [0.25, 0.3) is 26.3 Å². The molecule has 1 aliphatic carbocycles. The first-order valence-electron chi connectivity index (χ1n) is 10.4. The second-order valence-electron chi connectivity index (χ2n) is 8.15. The molecule has 3 aromatic heterocycles. The maximum Gasteiger partial charge on any atom is 0.154 e. The summed E-state index contributed by atoms with van der Waals surface area (Å²) in [6, 6.07) is 11.0. The van der Waals surface area contributed by atoms with Crippen molar-refractivity contribution in [2.24, 2.45) is 0 Å². The number of benzene rings is 1. The van der Waals surface area contributed by atoms with E-state index in [1.54, 1.807) is 18.4 Å². The number of methoxy groups -OCH3 is 1. The average Bonchev–Trinajstić information content (AvgIpc) is 3.35. The second kappa shape index (κ2) is 7.56. The van der Waals surface area contributed by atoms with Crippen LogP contribution in [0.5, 0.6) is 5.75 Å². The van der Waals surface area contributed by atoms with Crippen LogP contribution in [0.15, 0.2) is 36.5 Å². The summed E-state index contributed by atoms with van der Waals surface area (Å²) in [5.74, 6) is 1.84. The molecular weight excluding hydrogens is 396 g/mol. The van der Waals surface area contributed by atoms with Crippen molar-refractivity contribution in [1.82, 2.24) is 14.6 Å². The van der Waals surface area contributed by atoms with Crippen LogP contribution in [0, 0.1) is 6.92 Å². The standard InChI is InChI=1S/C23H26N4O2S/c1-14-10-15-11-21(30-20(15)12-19(14)29-3)18-13-24-22-8-9-23(25-27(18)22)26(2)16-4-6-17(28)7-5-16/h8-13,16-17,28H,4-7H2,1-3H3. The molecule has 0 spiro atoms. The smallest absolute Gasteiger partial charge is 0.154 e. The van der Waals surface area contributed by atoms with Gasteiger partial charge in [0.05, 0.1) is 24.3 Å². The molecule has 4 aromatic rings. The van der Waals surface area contributed by atoms with Crippen molar-refractivity contribution in [2.45, 2.75) is 44.8 Å². The number of nitrogens with zero attached hydrogens (tertiary/aromatic N) is 4. The van der Waals surface area contributed by atoms with Gasteiger partial charge in [-0.15, -0.1) is 16.4 Å². The normalized spacial score (nSPS) is 19.5. The van der Waals surface area contributed by atoms with Crippen LogP contribution in [0.4, 0.5) is 5.82 Å². The Hall–Kier alpha value is -2.64. The molecule has 0 atom stereocenters. The van der Waals surface area contributed by atoms with Crippen LogP contribution in [-0.2, 0) is 0 Å². The number of thiophene rings is 1. The maximum absolute atomic E-state index is 9.81. The Kier molecular flexibility index (Phi) is 4.87. The number of hydrogen-bond donors (Lipinski definition) is 1. The molecule has 1 N–H and O–H groups in total. The maximum atomic E-state index is 9.81. The van der Waals surface area contributed by atoms with Gasteiger partial charge in [-0.2, -0.15) is 0 Å². The summed E-state index contributed by atoms with van der Waals surface area (Å²) in [4.78, 5) is 7.95. The predicted molar refractivity (Wildman–Crippen MR) is 122 cm³/mol. The third kappa shape index (κ3) is 3.32. The number of aliphatic hydroxyl groups excluding tert-OH is 1. The van der Waals surface area contributed by atoms with Gasteiger partial charge in [-0.05, 0) is 73.9 Å². The molecule has 0 bridgehead atoms. The number of aryl methyl sites for hydroxylation is 1. The number of imidazole rings is 1. The zero-order valence-electron chi connectivity index (χ0n) is 17.5. The number of fused-ring (bicyclic) bond motifs is 2. The van der Waals surface area contributed by atoms with E-state index in [1.165, 1.54) is 10.1 Å². The molecule has 7 heteroatoms. The Balaban J connectivity index is 1.52. The lowest BCUT2D eigenvalue weighted by molar-refractivity contribution is 0.122. The van der Waals surface area contributed by atoms with E-state index in [4.69, 9.17) is 9.84 Å². The van der Waals surface area contributed by atoms with E-state index in [0.29, 0.717) is 6.04 Å². The third-order valence-corrected chi connectivity index (χ3v) is 7.33. The first-order chi connectivity index (χ1) is 14.5. The van der Waals surface area contributed by atoms with E-state index in [1.807, 2.05) is 22.8 Å². The van der Waals surface area contributed by atoms with Crippen LogP contribution < -0.4 is 9.64 Å². The fourth-order valence-electron chi connectivity index (χ4n) is 4.38. The molecule has 0 radical (unpaired) electrons. The molecule has 156 valence electrons. The zero-order chi connectivity index (χ0) is 20.8. The molecule has 0 amide bonds. The summed E-state index contributed by atoms with van der Waals surface area (Å²) in [6.07, 6.45) is 5.45. The Labute approximate surface area is 179 Å².